The molecule has 152 valence electrons. The Balaban J connectivity index is 1.19. The monoisotopic (exact) mass is 403 g/mol. The number of hydrogen-bond donors (Lipinski definition) is 1. The second-order valence-electron chi connectivity index (χ2n) is 9.39. The van der Waals surface area contributed by atoms with E-state index in [-0.39, 0.29) is 5.92 Å². The highest BCUT2D eigenvalue weighted by molar-refractivity contribution is 6.29. The summed E-state index contributed by atoms with van der Waals surface area (Å²) in [5.74, 6) is 3.95. The second kappa shape index (κ2) is 7.91. The minimum Gasteiger partial charge on any atom is -0.381 e. The summed E-state index contributed by atoms with van der Waals surface area (Å²) in [4.78, 5) is 12.9. The number of ketones is 1. The van der Waals surface area contributed by atoms with E-state index in [1.165, 1.54) is 24.8 Å². The standard InChI is InChI=1S/C22H30ClN3O2/c23-20-12-19(13-2-1-3-13)22(26-25-20)24-18-10-15-8-17(9-16(15)11-18)21(27)14-4-6-28-7-5-14/h12-18H,1-11H2,(H,24,26)/t15-,16+,17?,18+. The van der Waals surface area contributed by atoms with Gasteiger partial charge in [-0.2, -0.15) is 0 Å². The quantitative estimate of drug-likeness (QED) is 0.777. The van der Waals surface area contributed by atoms with E-state index in [4.69, 9.17) is 16.3 Å². The summed E-state index contributed by atoms with van der Waals surface area (Å²) >= 11 is 6.11. The third-order valence-corrected chi connectivity index (χ3v) is 7.91. The molecule has 0 aromatic carbocycles. The fourth-order valence-electron chi connectivity index (χ4n) is 6.00. The van der Waals surface area contributed by atoms with Gasteiger partial charge in [0, 0.05) is 36.7 Å². The first-order valence-electron chi connectivity index (χ1n) is 11.1. The van der Waals surface area contributed by atoms with Gasteiger partial charge in [0.05, 0.1) is 0 Å². The van der Waals surface area contributed by atoms with Gasteiger partial charge in [0.1, 0.15) is 5.78 Å². The Morgan fingerprint density at radius 3 is 2.36 bits per heavy atom. The molecule has 1 aromatic heterocycles. The fourth-order valence-corrected chi connectivity index (χ4v) is 6.15. The minimum absolute atomic E-state index is 0.251. The molecule has 5 nitrogen and oxygen atoms in total. The highest BCUT2D eigenvalue weighted by Gasteiger charge is 2.45. The number of hydrogen-bond acceptors (Lipinski definition) is 5. The van der Waals surface area contributed by atoms with Crippen molar-refractivity contribution in [1.29, 1.82) is 0 Å². The average Bonchev–Trinajstić information content (AvgIpc) is 3.21. The Morgan fingerprint density at radius 2 is 1.71 bits per heavy atom. The zero-order valence-electron chi connectivity index (χ0n) is 16.4. The zero-order valence-corrected chi connectivity index (χ0v) is 17.2. The predicted molar refractivity (Wildman–Crippen MR) is 109 cm³/mol. The maximum atomic E-state index is 12.9. The van der Waals surface area contributed by atoms with Crippen LogP contribution in [-0.2, 0) is 9.53 Å². The van der Waals surface area contributed by atoms with Gasteiger partial charge in [0.2, 0.25) is 0 Å². The Kier molecular flexibility index (Phi) is 5.31. The first-order chi connectivity index (χ1) is 13.7. The smallest absolute Gasteiger partial charge is 0.152 e. The summed E-state index contributed by atoms with van der Waals surface area (Å²) in [6, 6.07) is 2.45. The van der Waals surface area contributed by atoms with Gasteiger partial charge >= 0.3 is 0 Å². The highest BCUT2D eigenvalue weighted by atomic mass is 35.5. The van der Waals surface area contributed by atoms with Crippen LogP contribution in [0.3, 0.4) is 0 Å². The van der Waals surface area contributed by atoms with Crippen LogP contribution in [0.4, 0.5) is 5.82 Å². The van der Waals surface area contributed by atoms with Crippen LogP contribution in [0.2, 0.25) is 5.15 Å². The molecule has 1 aromatic rings. The summed E-state index contributed by atoms with van der Waals surface area (Å²) in [5.41, 5.74) is 1.25. The lowest BCUT2D eigenvalue weighted by Crippen LogP contribution is -2.28. The average molecular weight is 404 g/mol. The van der Waals surface area contributed by atoms with Gasteiger partial charge < -0.3 is 10.1 Å². The molecular formula is C22H30ClN3O2. The lowest BCUT2D eigenvalue weighted by molar-refractivity contribution is -0.129. The number of rotatable bonds is 5. The molecule has 1 N–H and O–H groups in total. The van der Waals surface area contributed by atoms with Crippen LogP contribution in [0.25, 0.3) is 0 Å². The first-order valence-corrected chi connectivity index (χ1v) is 11.5. The number of Topliss-reactive ketones (excluding diaryl/α,β-unsaturated/α-hetero) is 1. The maximum absolute atomic E-state index is 12.9. The second-order valence-corrected chi connectivity index (χ2v) is 9.78. The van der Waals surface area contributed by atoms with Gasteiger partial charge in [-0.25, -0.2) is 0 Å². The number of nitrogens with one attached hydrogen (secondary N) is 1. The Hall–Kier alpha value is -1.20. The molecule has 3 saturated carbocycles. The van der Waals surface area contributed by atoms with Crippen LogP contribution in [0.15, 0.2) is 6.07 Å². The van der Waals surface area contributed by atoms with Crippen LogP contribution in [0, 0.1) is 23.7 Å². The van der Waals surface area contributed by atoms with Crippen LogP contribution >= 0.6 is 11.6 Å². The molecule has 6 heteroatoms. The van der Waals surface area contributed by atoms with Gasteiger partial charge in [-0.3, -0.25) is 4.79 Å². The van der Waals surface area contributed by atoms with Gasteiger partial charge in [-0.1, -0.05) is 18.0 Å². The number of carbonyl (C=O) groups excluding carboxylic acids is 1. The number of ether oxygens (including phenoxy) is 1. The summed E-state index contributed by atoms with van der Waals surface area (Å²) in [6.07, 6.45) is 10.1. The summed E-state index contributed by atoms with van der Waals surface area (Å²) < 4.78 is 5.42. The van der Waals surface area contributed by atoms with Crippen molar-refractivity contribution < 1.29 is 9.53 Å². The number of anilines is 1. The van der Waals surface area contributed by atoms with E-state index >= 15 is 0 Å². The van der Waals surface area contributed by atoms with E-state index in [2.05, 4.69) is 15.5 Å². The summed E-state index contributed by atoms with van der Waals surface area (Å²) in [7, 11) is 0. The van der Waals surface area contributed by atoms with Crippen LogP contribution in [-0.4, -0.2) is 35.2 Å². The first kappa shape index (κ1) is 18.8. The SMILES string of the molecule is O=C(C1CCOCC1)C1C[C@@H]2C[C@H](Nc3nnc(Cl)cc3C3CCC3)C[C@@H]2C1. The molecule has 0 amide bonds. The third kappa shape index (κ3) is 3.68. The van der Waals surface area contributed by atoms with E-state index in [0.717, 1.165) is 57.6 Å². The van der Waals surface area contributed by atoms with Gasteiger partial charge in [0.15, 0.2) is 11.0 Å². The van der Waals surface area contributed by atoms with Crippen LogP contribution in [0.5, 0.6) is 0 Å². The molecule has 0 radical (unpaired) electrons. The molecule has 1 aliphatic heterocycles. The van der Waals surface area contributed by atoms with Crippen LogP contribution < -0.4 is 5.32 Å². The van der Waals surface area contributed by atoms with Crippen molar-refractivity contribution in [3.63, 3.8) is 0 Å². The van der Waals surface area contributed by atoms with Crippen molar-refractivity contribution in [1.82, 2.24) is 10.2 Å². The summed E-state index contributed by atoms with van der Waals surface area (Å²) in [5, 5.41) is 12.6. The number of aromatic nitrogens is 2. The van der Waals surface area contributed by atoms with Crippen molar-refractivity contribution in [2.75, 3.05) is 18.5 Å². The van der Waals surface area contributed by atoms with Gasteiger partial charge in [-0.15, -0.1) is 10.2 Å². The highest BCUT2D eigenvalue weighted by Crippen LogP contribution is 2.49. The molecule has 0 spiro atoms. The van der Waals surface area contributed by atoms with Crippen molar-refractivity contribution >= 4 is 23.2 Å². The van der Waals surface area contributed by atoms with Crippen molar-refractivity contribution in [3.8, 4) is 0 Å². The zero-order chi connectivity index (χ0) is 19.1. The molecule has 4 aliphatic rings. The van der Waals surface area contributed by atoms with Gasteiger partial charge in [0.25, 0.3) is 0 Å². The number of halogens is 1. The van der Waals surface area contributed by atoms with Crippen molar-refractivity contribution in [3.05, 3.63) is 16.8 Å². The van der Waals surface area contributed by atoms with Crippen LogP contribution in [0.1, 0.15) is 69.3 Å². The Labute approximate surface area is 172 Å². The topological polar surface area (TPSA) is 64.1 Å². The molecule has 1 unspecified atom stereocenters. The Bertz CT molecular complexity index is 718. The molecular weight excluding hydrogens is 374 g/mol. The van der Waals surface area contributed by atoms with E-state index < -0.39 is 0 Å². The van der Waals surface area contributed by atoms with E-state index in [1.807, 2.05) is 6.07 Å². The van der Waals surface area contributed by atoms with E-state index in [9.17, 15) is 4.79 Å². The number of nitrogens with zero attached hydrogens (tertiary/aromatic N) is 2. The van der Waals surface area contributed by atoms with E-state index in [0.29, 0.717) is 40.6 Å². The minimum atomic E-state index is 0.251. The lowest BCUT2D eigenvalue weighted by atomic mass is 9.80. The normalized spacial score (nSPS) is 33.5. The number of fused-ring (bicyclic) bond motifs is 1. The van der Waals surface area contributed by atoms with E-state index in [1.54, 1.807) is 0 Å². The molecule has 4 atom stereocenters. The number of carbonyl (C=O) groups is 1. The molecule has 2 heterocycles. The lowest BCUT2D eigenvalue weighted by Gasteiger charge is -2.28. The van der Waals surface area contributed by atoms with Crippen molar-refractivity contribution in [2.45, 2.75) is 69.7 Å². The molecule has 5 rings (SSSR count). The van der Waals surface area contributed by atoms with Crippen molar-refractivity contribution in [2.24, 2.45) is 23.7 Å². The molecule has 28 heavy (non-hydrogen) atoms. The fraction of sp³-hybridized carbons (Fsp3) is 0.773. The largest absolute Gasteiger partial charge is 0.381 e. The summed E-state index contributed by atoms with van der Waals surface area (Å²) in [6.45, 7) is 1.51. The maximum Gasteiger partial charge on any atom is 0.152 e. The predicted octanol–water partition coefficient (Wildman–Crippen LogP) is 4.61. The molecule has 0 bridgehead atoms. The third-order valence-electron chi connectivity index (χ3n) is 7.72. The molecule has 4 fully saturated rings. The Morgan fingerprint density at radius 1 is 1.00 bits per heavy atom. The molecule has 1 saturated heterocycles. The molecule has 3 aliphatic carbocycles. The van der Waals surface area contributed by atoms with Gasteiger partial charge in [-0.05, 0) is 75.2 Å².